The van der Waals surface area contributed by atoms with Crippen molar-refractivity contribution in [2.75, 3.05) is 34.9 Å². The maximum absolute atomic E-state index is 12.4. The number of carbonyl (C=O) groups excluding carboxylic acids is 3. The van der Waals surface area contributed by atoms with Crippen molar-refractivity contribution < 1.29 is 28.4 Å². The fraction of sp³-hybridized carbons (Fsp3) is 0.333. The third-order valence-corrected chi connectivity index (χ3v) is 4.55. The van der Waals surface area contributed by atoms with Crippen LogP contribution in [0.3, 0.4) is 0 Å². The van der Waals surface area contributed by atoms with E-state index in [9.17, 15) is 14.4 Å². The average Bonchev–Trinajstić information content (AvgIpc) is 3.13. The quantitative estimate of drug-likeness (QED) is 0.392. The molecule has 2 aliphatic heterocycles. The molecule has 1 saturated heterocycles. The van der Waals surface area contributed by atoms with Crippen LogP contribution in [0, 0.1) is 0 Å². The molecule has 1 aromatic carbocycles. The summed E-state index contributed by atoms with van der Waals surface area (Å²) in [5.74, 6) is 0.416. The molecule has 0 radical (unpaired) electrons. The number of benzene rings is 1. The van der Waals surface area contributed by atoms with Crippen LogP contribution in [0.1, 0.15) is 5.56 Å². The number of likely N-dealkylation sites (N-methyl/N-ethyl adjacent to an activating group) is 2. The molecule has 11 heteroatoms. The molecular weight excluding hydrogens is 380 g/mol. The van der Waals surface area contributed by atoms with Gasteiger partial charge in [0.2, 0.25) is 0 Å². The number of amides is 4. The van der Waals surface area contributed by atoms with Gasteiger partial charge >= 0.3 is 6.03 Å². The van der Waals surface area contributed by atoms with Crippen molar-refractivity contribution in [1.29, 1.82) is 0 Å². The van der Waals surface area contributed by atoms with Crippen molar-refractivity contribution in [3.8, 4) is 11.5 Å². The van der Waals surface area contributed by atoms with E-state index in [0.717, 1.165) is 4.90 Å². The third kappa shape index (κ3) is 3.66. The molecule has 0 saturated carbocycles. The van der Waals surface area contributed by atoms with Gasteiger partial charge in [-0.25, -0.2) is 14.8 Å². The van der Waals surface area contributed by atoms with Crippen molar-refractivity contribution >= 4 is 36.2 Å². The van der Waals surface area contributed by atoms with Gasteiger partial charge in [-0.05, 0) is 17.1 Å². The van der Waals surface area contributed by atoms with Crippen LogP contribution in [0.15, 0.2) is 28.3 Å². The molecule has 4 amide bonds. The Bertz CT molecular complexity index is 954. The Morgan fingerprint density at radius 2 is 2.03 bits per heavy atom. The molecule has 2 aliphatic rings. The van der Waals surface area contributed by atoms with Crippen LogP contribution >= 0.6 is 0 Å². The number of aliphatic imine (C=N–C) groups is 1. The van der Waals surface area contributed by atoms with Crippen LogP contribution in [0.25, 0.3) is 0 Å². The molecule has 1 aromatic rings. The zero-order valence-corrected chi connectivity index (χ0v) is 16.4. The Balaban J connectivity index is 1.65. The number of hydrogen-bond donors (Lipinski definition) is 1. The van der Waals surface area contributed by atoms with Crippen LogP contribution < -0.4 is 14.9 Å². The zero-order chi connectivity index (χ0) is 21.1. The summed E-state index contributed by atoms with van der Waals surface area (Å²) in [5.41, 5.74) is 3.02. The van der Waals surface area contributed by atoms with Gasteiger partial charge < -0.3 is 9.47 Å². The molecule has 0 aromatic heterocycles. The van der Waals surface area contributed by atoms with Crippen LogP contribution in [-0.2, 0) is 9.59 Å². The van der Waals surface area contributed by atoms with Crippen molar-refractivity contribution in [2.24, 2.45) is 10.1 Å². The number of hydrazone groups is 1. The Morgan fingerprint density at radius 3 is 2.72 bits per heavy atom. The number of fused-ring (bicyclic) bond motifs is 1. The number of methoxy groups -OCH3 is 2. The minimum Gasteiger partial charge on any atom is -0.493 e. The highest BCUT2D eigenvalue weighted by Crippen LogP contribution is 2.29. The molecule has 1 atom stereocenters. The Hall–Kier alpha value is -3.76. The lowest BCUT2D eigenvalue weighted by Crippen LogP contribution is -2.61. The van der Waals surface area contributed by atoms with E-state index in [1.807, 2.05) is 0 Å². The predicted molar refractivity (Wildman–Crippen MR) is 104 cm³/mol. The van der Waals surface area contributed by atoms with Gasteiger partial charge in [0.1, 0.15) is 0 Å². The SMILES string of the molecule is COc1cccc(/C=N/NC(=O)C[N+]2=CN=C3C2C(=O)N(C)C(=O)N3C)c1OC. The van der Waals surface area contributed by atoms with Gasteiger partial charge in [0, 0.05) is 19.7 Å². The number of hydrogen-bond acceptors (Lipinski definition) is 7. The zero-order valence-electron chi connectivity index (χ0n) is 16.4. The second kappa shape index (κ2) is 8.09. The lowest BCUT2D eigenvalue weighted by molar-refractivity contribution is -0.519. The molecule has 152 valence electrons. The molecule has 2 heterocycles. The highest BCUT2D eigenvalue weighted by molar-refractivity contribution is 6.21. The van der Waals surface area contributed by atoms with E-state index in [1.165, 1.54) is 50.3 Å². The van der Waals surface area contributed by atoms with Crippen LogP contribution in [0.2, 0.25) is 0 Å². The molecule has 1 unspecified atom stereocenters. The monoisotopic (exact) mass is 401 g/mol. The topological polar surface area (TPSA) is 116 Å². The van der Waals surface area contributed by atoms with Gasteiger partial charge in [-0.15, -0.1) is 0 Å². The first-order valence-electron chi connectivity index (χ1n) is 8.64. The van der Waals surface area contributed by atoms with Crippen LogP contribution in [-0.4, -0.2) is 91.5 Å². The number of ether oxygens (including phenoxy) is 2. The highest BCUT2D eigenvalue weighted by atomic mass is 16.5. The molecule has 0 spiro atoms. The summed E-state index contributed by atoms with van der Waals surface area (Å²) >= 11 is 0. The van der Waals surface area contributed by atoms with Gasteiger partial charge in [-0.3, -0.25) is 19.4 Å². The number of urea groups is 1. The first-order valence-corrected chi connectivity index (χ1v) is 8.64. The maximum Gasteiger partial charge on any atom is 0.333 e. The second-order valence-electron chi connectivity index (χ2n) is 6.29. The van der Waals surface area contributed by atoms with E-state index < -0.39 is 23.9 Å². The molecular formula is C18H21N6O5+. The van der Waals surface area contributed by atoms with Gasteiger partial charge in [0.25, 0.3) is 30.0 Å². The Morgan fingerprint density at radius 1 is 1.28 bits per heavy atom. The molecule has 0 bridgehead atoms. The lowest BCUT2D eigenvalue weighted by atomic mass is 10.1. The summed E-state index contributed by atoms with van der Waals surface area (Å²) in [7, 11) is 5.95. The van der Waals surface area contributed by atoms with Gasteiger partial charge in [0.05, 0.1) is 20.4 Å². The summed E-state index contributed by atoms with van der Waals surface area (Å²) in [6.45, 7) is -0.161. The first-order chi connectivity index (χ1) is 13.9. The number of rotatable bonds is 6. The van der Waals surface area contributed by atoms with E-state index in [-0.39, 0.29) is 12.4 Å². The van der Waals surface area contributed by atoms with Crippen LogP contribution in [0.4, 0.5) is 4.79 Å². The number of nitrogens with one attached hydrogen (secondary N) is 1. The number of para-hydroxylation sites is 1. The highest BCUT2D eigenvalue weighted by Gasteiger charge is 2.50. The third-order valence-electron chi connectivity index (χ3n) is 4.55. The molecule has 3 rings (SSSR count). The second-order valence-corrected chi connectivity index (χ2v) is 6.29. The maximum atomic E-state index is 12.4. The summed E-state index contributed by atoms with van der Waals surface area (Å²) in [6, 6.07) is 3.98. The van der Waals surface area contributed by atoms with E-state index >= 15 is 0 Å². The Labute approximate surface area is 166 Å². The van der Waals surface area contributed by atoms with E-state index in [4.69, 9.17) is 9.47 Å². The van der Waals surface area contributed by atoms with Gasteiger partial charge in [-0.2, -0.15) is 5.10 Å². The summed E-state index contributed by atoms with van der Waals surface area (Å²) in [6.07, 6.45) is 2.80. The number of amidine groups is 1. The smallest absolute Gasteiger partial charge is 0.333 e. The van der Waals surface area contributed by atoms with E-state index in [1.54, 1.807) is 18.2 Å². The van der Waals surface area contributed by atoms with Crippen LogP contribution in [0.5, 0.6) is 11.5 Å². The standard InChI is InChI=1S/C18H20N6O5/c1-22-16-14(17(26)23(2)18(22)27)24(10-19-16)9-13(25)21-20-8-11-6-5-7-12(28-3)15(11)29-4/h5-8,10,14H,9H2,1-4H3/p+1/b20-8+. The van der Waals surface area contributed by atoms with Gasteiger partial charge in [-0.1, -0.05) is 6.07 Å². The minimum absolute atomic E-state index is 0.161. The summed E-state index contributed by atoms with van der Waals surface area (Å²) in [4.78, 5) is 43.1. The van der Waals surface area contributed by atoms with E-state index in [2.05, 4.69) is 15.5 Å². The van der Waals surface area contributed by atoms with Gasteiger partial charge in [0.15, 0.2) is 18.0 Å². The van der Waals surface area contributed by atoms with Crippen molar-refractivity contribution in [3.05, 3.63) is 23.8 Å². The normalized spacial score (nSPS) is 18.6. The molecule has 11 nitrogen and oxygen atoms in total. The fourth-order valence-corrected chi connectivity index (χ4v) is 3.06. The predicted octanol–water partition coefficient (Wildman–Crippen LogP) is -0.501. The van der Waals surface area contributed by atoms with E-state index in [0.29, 0.717) is 17.1 Å². The largest absolute Gasteiger partial charge is 0.493 e. The van der Waals surface area contributed by atoms with Crippen molar-refractivity contribution in [2.45, 2.75) is 6.04 Å². The molecule has 0 aliphatic carbocycles. The molecule has 1 fully saturated rings. The average molecular weight is 401 g/mol. The minimum atomic E-state index is -0.823. The molecule has 1 N–H and O–H groups in total. The lowest BCUT2D eigenvalue weighted by Gasteiger charge is -2.30. The fourth-order valence-electron chi connectivity index (χ4n) is 3.06. The molecule has 29 heavy (non-hydrogen) atoms. The summed E-state index contributed by atoms with van der Waals surface area (Å²) in [5, 5.41) is 3.93. The Kier molecular flexibility index (Phi) is 5.57. The number of imide groups is 1. The first kappa shape index (κ1) is 20.0. The number of nitrogens with zero attached hydrogens (tertiary/aromatic N) is 5. The summed E-state index contributed by atoms with van der Waals surface area (Å²) < 4.78 is 12.0. The van der Waals surface area contributed by atoms with Crippen molar-refractivity contribution in [1.82, 2.24) is 15.2 Å². The number of carbonyl (C=O) groups is 3. The van der Waals surface area contributed by atoms with Crippen molar-refractivity contribution in [3.63, 3.8) is 0 Å².